The van der Waals surface area contributed by atoms with E-state index in [1.165, 1.54) is 24.9 Å². The Morgan fingerprint density at radius 3 is 2.21 bits per heavy atom. The lowest BCUT2D eigenvalue weighted by Crippen LogP contribution is -2.29. The summed E-state index contributed by atoms with van der Waals surface area (Å²) in [6, 6.07) is 15.7. The van der Waals surface area contributed by atoms with Gasteiger partial charge in [0.05, 0.1) is 11.9 Å². The van der Waals surface area contributed by atoms with Gasteiger partial charge in [-0.25, -0.2) is 9.50 Å². The first-order valence-electron chi connectivity index (χ1n) is 9.85. The van der Waals surface area contributed by atoms with Crippen LogP contribution in [0.3, 0.4) is 0 Å². The fourth-order valence-electron chi connectivity index (χ4n) is 3.75. The molecule has 0 saturated carbocycles. The normalized spacial score (nSPS) is 14.8. The largest absolute Gasteiger partial charge is 0.372 e. The topological polar surface area (TPSA) is 73.9 Å². The van der Waals surface area contributed by atoms with Crippen molar-refractivity contribution in [1.82, 2.24) is 14.6 Å². The van der Waals surface area contributed by atoms with Crippen molar-refractivity contribution in [2.75, 3.05) is 18.0 Å². The van der Waals surface area contributed by atoms with Crippen molar-refractivity contribution < 1.29 is 10.2 Å². The fourth-order valence-corrected chi connectivity index (χ4v) is 4.64. The minimum Gasteiger partial charge on any atom is -0.372 e. The van der Waals surface area contributed by atoms with Crippen LogP contribution in [0.15, 0.2) is 54.7 Å². The Hall–Kier alpha value is -2.74. The minimum absolute atomic E-state index is 0.461. The number of fused-ring (bicyclic) bond motifs is 1. The molecule has 4 aromatic rings. The van der Waals surface area contributed by atoms with E-state index in [1.807, 2.05) is 22.8 Å². The number of piperidine rings is 1. The summed E-state index contributed by atoms with van der Waals surface area (Å²) < 4.78 is 1.81. The van der Waals surface area contributed by atoms with Gasteiger partial charge in [-0.15, -0.1) is 0 Å². The molecule has 2 N–H and O–H groups in total. The standard InChI is InChI=1S/C22H22N4O2S/c27-21(28)17-6-4-15(5-7-17)19-14-26-22(23-19)29-20(24-26)16-8-10-18(11-9-16)25-12-2-1-3-13-25/h4-11,14,21,27-28H,1-3,12-13H2. The molecule has 5 rings (SSSR count). The van der Waals surface area contributed by atoms with Crippen molar-refractivity contribution in [3.05, 3.63) is 60.3 Å². The third-order valence-corrected chi connectivity index (χ3v) is 6.35. The molecule has 1 aliphatic heterocycles. The molecule has 148 valence electrons. The first kappa shape index (κ1) is 18.3. The summed E-state index contributed by atoms with van der Waals surface area (Å²) in [5.41, 5.74) is 4.58. The van der Waals surface area contributed by atoms with Gasteiger partial charge in [0.1, 0.15) is 5.01 Å². The Morgan fingerprint density at radius 2 is 1.55 bits per heavy atom. The Morgan fingerprint density at radius 1 is 0.862 bits per heavy atom. The summed E-state index contributed by atoms with van der Waals surface area (Å²) in [4.78, 5) is 7.97. The molecule has 29 heavy (non-hydrogen) atoms. The molecule has 0 bridgehead atoms. The third kappa shape index (κ3) is 3.64. The number of aromatic nitrogens is 3. The van der Waals surface area contributed by atoms with Gasteiger partial charge in [0.2, 0.25) is 4.96 Å². The predicted molar refractivity (Wildman–Crippen MR) is 115 cm³/mol. The van der Waals surface area contributed by atoms with Gasteiger partial charge in [-0.3, -0.25) is 0 Å². The average molecular weight is 407 g/mol. The van der Waals surface area contributed by atoms with Crippen molar-refractivity contribution in [1.29, 1.82) is 0 Å². The first-order chi connectivity index (χ1) is 14.2. The van der Waals surface area contributed by atoms with E-state index in [0.29, 0.717) is 5.56 Å². The van der Waals surface area contributed by atoms with E-state index in [4.69, 9.17) is 5.10 Å². The minimum atomic E-state index is -1.46. The van der Waals surface area contributed by atoms with Crippen molar-refractivity contribution in [2.45, 2.75) is 25.6 Å². The highest BCUT2D eigenvalue weighted by atomic mass is 32.1. The van der Waals surface area contributed by atoms with Crippen molar-refractivity contribution >= 4 is 22.0 Å². The van der Waals surface area contributed by atoms with E-state index in [1.54, 1.807) is 23.5 Å². The Balaban J connectivity index is 1.37. The Kier molecular flexibility index (Phi) is 4.79. The predicted octanol–water partition coefficient (Wildman–Crippen LogP) is 4.10. The maximum atomic E-state index is 9.22. The average Bonchev–Trinajstić information content (AvgIpc) is 3.34. The fraction of sp³-hybridized carbons (Fsp3) is 0.273. The van der Waals surface area contributed by atoms with E-state index >= 15 is 0 Å². The van der Waals surface area contributed by atoms with Gasteiger partial charge in [0.25, 0.3) is 0 Å². The highest BCUT2D eigenvalue weighted by molar-refractivity contribution is 7.19. The molecular formula is C22H22N4O2S. The number of hydrogen-bond acceptors (Lipinski definition) is 6. The molecule has 0 aliphatic carbocycles. The zero-order valence-corrected chi connectivity index (χ0v) is 16.7. The lowest BCUT2D eigenvalue weighted by atomic mass is 10.1. The van der Waals surface area contributed by atoms with Crippen LogP contribution in [-0.4, -0.2) is 37.9 Å². The summed E-state index contributed by atoms with van der Waals surface area (Å²) in [6.45, 7) is 2.29. The van der Waals surface area contributed by atoms with Gasteiger partial charge in [-0.05, 0) is 43.5 Å². The molecule has 1 saturated heterocycles. The molecule has 1 fully saturated rings. The summed E-state index contributed by atoms with van der Waals surface area (Å²) in [5, 5.41) is 24.1. The number of benzene rings is 2. The van der Waals surface area contributed by atoms with Crippen LogP contribution in [0.1, 0.15) is 31.1 Å². The number of rotatable bonds is 4. The van der Waals surface area contributed by atoms with E-state index in [9.17, 15) is 10.2 Å². The second-order valence-corrected chi connectivity index (χ2v) is 8.31. The number of anilines is 1. The van der Waals surface area contributed by atoms with Crippen LogP contribution < -0.4 is 4.90 Å². The van der Waals surface area contributed by atoms with Crippen molar-refractivity contribution in [3.63, 3.8) is 0 Å². The van der Waals surface area contributed by atoms with Gasteiger partial charge in [-0.2, -0.15) is 5.10 Å². The second kappa shape index (κ2) is 7.59. The number of aliphatic hydroxyl groups excluding tert-OH is 1. The highest BCUT2D eigenvalue weighted by Crippen LogP contribution is 2.30. The molecule has 2 aromatic heterocycles. The van der Waals surface area contributed by atoms with Gasteiger partial charge in [0, 0.05) is 35.5 Å². The number of imidazole rings is 1. The monoisotopic (exact) mass is 406 g/mol. The first-order valence-corrected chi connectivity index (χ1v) is 10.7. The van der Waals surface area contributed by atoms with Crippen LogP contribution in [0.25, 0.3) is 26.8 Å². The maximum Gasteiger partial charge on any atom is 0.213 e. The maximum absolute atomic E-state index is 9.22. The zero-order valence-electron chi connectivity index (χ0n) is 15.9. The van der Waals surface area contributed by atoms with E-state index < -0.39 is 6.29 Å². The lowest BCUT2D eigenvalue weighted by Gasteiger charge is -2.28. The van der Waals surface area contributed by atoms with Gasteiger partial charge in [-0.1, -0.05) is 35.6 Å². The molecule has 3 heterocycles. The Labute approximate surface area is 172 Å². The molecule has 1 aliphatic rings. The van der Waals surface area contributed by atoms with Gasteiger partial charge < -0.3 is 15.1 Å². The number of aliphatic hydroxyl groups is 2. The van der Waals surface area contributed by atoms with Crippen LogP contribution in [0.5, 0.6) is 0 Å². The SMILES string of the molecule is OC(O)c1ccc(-c2cn3nc(-c4ccc(N5CCCCC5)cc4)sc3n2)cc1. The summed E-state index contributed by atoms with van der Waals surface area (Å²) in [6.07, 6.45) is 4.33. The summed E-state index contributed by atoms with van der Waals surface area (Å²) in [7, 11) is 0. The van der Waals surface area contributed by atoms with Crippen LogP contribution in [-0.2, 0) is 0 Å². The van der Waals surface area contributed by atoms with Crippen LogP contribution in [0, 0.1) is 0 Å². The number of nitrogens with zero attached hydrogens (tertiary/aromatic N) is 4. The molecule has 6 nitrogen and oxygen atoms in total. The molecule has 0 amide bonds. The van der Waals surface area contributed by atoms with Crippen LogP contribution in [0.4, 0.5) is 5.69 Å². The van der Waals surface area contributed by atoms with E-state index in [-0.39, 0.29) is 0 Å². The molecule has 7 heteroatoms. The van der Waals surface area contributed by atoms with Crippen LogP contribution >= 0.6 is 11.3 Å². The quantitative estimate of drug-likeness (QED) is 0.499. The van der Waals surface area contributed by atoms with Gasteiger partial charge >= 0.3 is 0 Å². The van der Waals surface area contributed by atoms with Gasteiger partial charge in [0.15, 0.2) is 6.29 Å². The molecule has 0 spiro atoms. The molecule has 0 atom stereocenters. The Bertz CT molecular complexity index is 1080. The second-order valence-electron chi connectivity index (χ2n) is 7.35. The number of hydrogen-bond donors (Lipinski definition) is 2. The van der Waals surface area contributed by atoms with E-state index in [2.05, 4.69) is 34.1 Å². The zero-order chi connectivity index (χ0) is 19.8. The summed E-state index contributed by atoms with van der Waals surface area (Å²) in [5.74, 6) is 0. The lowest BCUT2D eigenvalue weighted by molar-refractivity contribution is -0.0424. The molecular weight excluding hydrogens is 384 g/mol. The van der Waals surface area contributed by atoms with E-state index in [0.717, 1.165) is 39.9 Å². The molecule has 0 radical (unpaired) electrons. The smallest absolute Gasteiger partial charge is 0.213 e. The van der Waals surface area contributed by atoms with Crippen molar-refractivity contribution in [3.8, 4) is 21.8 Å². The third-order valence-electron chi connectivity index (χ3n) is 5.38. The van der Waals surface area contributed by atoms with Crippen molar-refractivity contribution in [2.24, 2.45) is 0 Å². The molecule has 2 aromatic carbocycles. The van der Waals surface area contributed by atoms with Crippen LogP contribution in [0.2, 0.25) is 0 Å². The summed E-state index contributed by atoms with van der Waals surface area (Å²) >= 11 is 1.56. The molecule has 0 unspecified atom stereocenters. The highest BCUT2D eigenvalue weighted by Gasteiger charge is 2.14.